The smallest absolute Gasteiger partial charge is 0.261 e. The number of aromatic nitrogens is 5. The molecule has 0 atom stereocenters. The number of anilines is 1. The van der Waals surface area contributed by atoms with Crippen LogP contribution in [-0.4, -0.2) is 24.5 Å². The molecule has 4 rings (SSSR count). The maximum atomic E-state index is 5.25. The summed E-state index contributed by atoms with van der Waals surface area (Å²) in [4.78, 5) is 13.3. The third-order valence-electron chi connectivity index (χ3n) is 3.75. The molecule has 0 aliphatic rings. The number of nitrogens with zero attached hydrogens (tertiary/aromatic N) is 5. The van der Waals surface area contributed by atoms with Crippen molar-refractivity contribution in [2.45, 2.75) is 20.4 Å². The van der Waals surface area contributed by atoms with Crippen molar-refractivity contribution in [3.8, 4) is 11.5 Å². The molecular weight excluding hydrogens is 304 g/mol. The Morgan fingerprint density at radius 1 is 1.12 bits per heavy atom. The Labute approximate surface area is 138 Å². The number of imidazole rings is 1. The molecule has 0 fully saturated rings. The summed E-state index contributed by atoms with van der Waals surface area (Å²) >= 11 is 0. The van der Waals surface area contributed by atoms with Gasteiger partial charge in [-0.2, -0.15) is 4.98 Å². The molecule has 0 unspecified atom stereocenters. The van der Waals surface area contributed by atoms with Gasteiger partial charge in [0.1, 0.15) is 11.5 Å². The third-order valence-corrected chi connectivity index (χ3v) is 3.75. The zero-order valence-corrected chi connectivity index (χ0v) is 13.4. The lowest BCUT2D eigenvalue weighted by Gasteiger charge is -2.06. The summed E-state index contributed by atoms with van der Waals surface area (Å²) < 4.78 is 7.31. The Hall–Kier alpha value is -3.22. The molecule has 0 aromatic carbocycles. The van der Waals surface area contributed by atoms with E-state index in [9.17, 15) is 0 Å². The van der Waals surface area contributed by atoms with E-state index in [0.29, 0.717) is 24.1 Å². The van der Waals surface area contributed by atoms with Crippen LogP contribution in [0.25, 0.3) is 17.1 Å². The molecule has 0 saturated carbocycles. The maximum Gasteiger partial charge on any atom is 0.261 e. The second kappa shape index (κ2) is 5.77. The van der Waals surface area contributed by atoms with Gasteiger partial charge in [-0.3, -0.25) is 0 Å². The topological polar surface area (TPSA) is 81.1 Å². The van der Waals surface area contributed by atoms with Crippen molar-refractivity contribution >= 4 is 11.5 Å². The fraction of sp³-hybridized carbons (Fsp3) is 0.176. The van der Waals surface area contributed by atoms with Crippen molar-refractivity contribution in [3.63, 3.8) is 0 Å². The molecule has 7 nitrogen and oxygen atoms in total. The van der Waals surface area contributed by atoms with Crippen LogP contribution in [-0.2, 0) is 6.54 Å². The van der Waals surface area contributed by atoms with Crippen molar-refractivity contribution in [2.24, 2.45) is 0 Å². The zero-order chi connectivity index (χ0) is 16.5. The number of hydrogen-bond acceptors (Lipinski definition) is 6. The van der Waals surface area contributed by atoms with Gasteiger partial charge < -0.3 is 14.2 Å². The maximum absolute atomic E-state index is 5.25. The van der Waals surface area contributed by atoms with Crippen molar-refractivity contribution in [1.29, 1.82) is 0 Å². The SMILES string of the molecule is Cc1noc(-c2cccnc2NCc2cn3c(C)cccc3n2)n1. The third kappa shape index (κ3) is 2.60. The summed E-state index contributed by atoms with van der Waals surface area (Å²) in [5.41, 5.74) is 3.78. The predicted molar refractivity (Wildman–Crippen MR) is 89.5 cm³/mol. The van der Waals surface area contributed by atoms with Crippen LogP contribution < -0.4 is 5.32 Å². The molecule has 120 valence electrons. The van der Waals surface area contributed by atoms with Gasteiger partial charge in [-0.15, -0.1) is 0 Å². The lowest BCUT2D eigenvalue weighted by atomic mass is 10.2. The van der Waals surface area contributed by atoms with Gasteiger partial charge in [0.05, 0.1) is 17.8 Å². The lowest BCUT2D eigenvalue weighted by Crippen LogP contribution is -2.03. The van der Waals surface area contributed by atoms with Crippen LogP contribution in [0.4, 0.5) is 5.82 Å². The molecule has 1 N–H and O–H groups in total. The van der Waals surface area contributed by atoms with Crippen molar-refractivity contribution in [2.75, 3.05) is 5.32 Å². The fourth-order valence-electron chi connectivity index (χ4n) is 2.58. The van der Waals surface area contributed by atoms with E-state index in [1.54, 1.807) is 13.1 Å². The van der Waals surface area contributed by atoms with Crippen LogP contribution in [0.15, 0.2) is 47.2 Å². The molecule has 24 heavy (non-hydrogen) atoms. The van der Waals surface area contributed by atoms with Crippen LogP contribution in [0.5, 0.6) is 0 Å². The minimum atomic E-state index is 0.453. The molecule has 0 saturated heterocycles. The summed E-state index contributed by atoms with van der Waals surface area (Å²) in [6.45, 7) is 4.40. The van der Waals surface area contributed by atoms with Crippen molar-refractivity contribution < 1.29 is 4.52 Å². The van der Waals surface area contributed by atoms with Gasteiger partial charge in [-0.05, 0) is 38.1 Å². The largest absolute Gasteiger partial charge is 0.364 e. The van der Waals surface area contributed by atoms with Gasteiger partial charge >= 0.3 is 0 Å². The highest BCUT2D eigenvalue weighted by molar-refractivity contribution is 5.68. The molecule has 0 spiro atoms. The van der Waals surface area contributed by atoms with Crippen molar-refractivity contribution in [3.05, 3.63) is 59.9 Å². The van der Waals surface area contributed by atoms with Gasteiger partial charge in [-0.25, -0.2) is 9.97 Å². The second-order valence-corrected chi connectivity index (χ2v) is 5.53. The summed E-state index contributed by atoms with van der Waals surface area (Å²) in [6.07, 6.45) is 3.75. The number of nitrogens with one attached hydrogen (secondary N) is 1. The molecule has 0 bridgehead atoms. The van der Waals surface area contributed by atoms with Crippen molar-refractivity contribution in [1.82, 2.24) is 24.5 Å². The first kappa shape index (κ1) is 14.4. The highest BCUT2D eigenvalue weighted by Crippen LogP contribution is 2.24. The Balaban J connectivity index is 1.60. The Kier molecular flexibility index (Phi) is 3.45. The highest BCUT2D eigenvalue weighted by Gasteiger charge is 2.13. The number of pyridine rings is 2. The second-order valence-electron chi connectivity index (χ2n) is 5.53. The first-order chi connectivity index (χ1) is 11.7. The van der Waals surface area contributed by atoms with E-state index in [4.69, 9.17) is 4.52 Å². The number of hydrogen-bond donors (Lipinski definition) is 1. The zero-order valence-electron chi connectivity index (χ0n) is 13.4. The average Bonchev–Trinajstić information content (AvgIpc) is 3.20. The first-order valence-electron chi connectivity index (χ1n) is 7.64. The number of rotatable bonds is 4. The summed E-state index contributed by atoms with van der Waals surface area (Å²) in [7, 11) is 0. The van der Waals surface area contributed by atoms with Gasteiger partial charge in [-0.1, -0.05) is 11.2 Å². The lowest BCUT2D eigenvalue weighted by molar-refractivity contribution is 0.425. The van der Waals surface area contributed by atoms with E-state index in [1.165, 1.54) is 0 Å². The monoisotopic (exact) mass is 320 g/mol. The number of fused-ring (bicyclic) bond motifs is 1. The van der Waals surface area contributed by atoms with Gasteiger partial charge in [0.25, 0.3) is 5.89 Å². The van der Waals surface area contributed by atoms with E-state index in [-0.39, 0.29) is 0 Å². The Morgan fingerprint density at radius 3 is 2.83 bits per heavy atom. The minimum absolute atomic E-state index is 0.453. The van der Waals surface area contributed by atoms with E-state index in [2.05, 4.69) is 42.8 Å². The van der Waals surface area contributed by atoms with Crippen LogP contribution in [0.2, 0.25) is 0 Å². The highest BCUT2D eigenvalue weighted by atomic mass is 16.5. The quantitative estimate of drug-likeness (QED) is 0.622. The van der Waals surface area contributed by atoms with Gasteiger partial charge in [0.2, 0.25) is 0 Å². The molecule has 0 radical (unpaired) electrons. The van der Waals surface area contributed by atoms with Crippen LogP contribution in [0, 0.1) is 13.8 Å². The van der Waals surface area contributed by atoms with E-state index >= 15 is 0 Å². The molecule has 0 amide bonds. The van der Waals surface area contributed by atoms with Gasteiger partial charge in [0.15, 0.2) is 5.82 Å². The minimum Gasteiger partial charge on any atom is -0.364 e. The summed E-state index contributed by atoms with van der Waals surface area (Å²) in [5, 5.41) is 7.14. The number of aryl methyl sites for hydroxylation is 2. The summed E-state index contributed by atoms with van der Waals surface area (Å²) in [6, 6.07) is 9.79. The predicted octanol–water partition coefficient (Wildman–Crippen LogP) is 3.01. The standard InChI is InChI=1S/C17H16N6O/c1-11-5-3-7-15-21-13(10-23(11)15)9-19-16-14(6-4-8-18-16)17-20-12(2)22-24-17/h3-8,10H,9H2,1-2H3,(H,18,19). The van der Waals surface area contributed by atoms with Gasteiger partial charge in [0, 0.05) is 18.1 Å². The normalized spacial score (nSPS) is 11.1. The Bertz CT molecular complexity index is 1000. The molecule has 0 aliphatic carbocycles. The van der Waals surface area contributed by atoms with Crippen LogP contribution >= 0.6 is 0 Å². The van der Waals surface area contributed by atoms with E-state index in [1.807, 2.05) is 30.5 Å². The Morgan fingerprint density at radius 2 is 2.04 bits per heavy atom. The average molecular weight is 320 g/mol. The van der Waals surface area contributed by atoms with Crippen LogP contribution in [0.1, 0.15) is 17.2 Å². The van der Waals surface area contributed by atoms with Crippen LogP contribution in [0.3, 0.4) is 0 Å². The molecule has 4 aromatic heterocycles. The molecule has 7 heteroatoms. The summed E-state index contributed by atoms with van der Waals surface area (Å²) in [5.74, 6) is 1.74. The first-order valence-corrected chi connectivity index (χ1v) is 7.64. The molecule has 4 heterocycles. The van der Waals surface area contributed by atoms with E-state index < -0.39 is 0 Å². The fourth-order valence-corrected chi connectivity index (χ4v) is 2.58. The van der Waals surface area contributed by atoms with E-state index in [0.717, 1.165) is 22.6 Å². The molecule has 4 aromatic rings. The molecule has 0 aliphatic heterocycles. The molecular formula is C17H16N6O.